The zero-order valence-corrected chi connectivity index (χ0v) is 49.2. The summed E-state index contributed by atoms with van der Waals surface area (Å²) in [7, 11) is 3.49. The van der Waals surface area contributed by atoms with Crippen LogP contribution in [0.1, 0.15) is 78.4 Å². The number of urea groups is 2. The van der Waals surface area contributed by atoms with Gasteiger partial charge in [-0.25, -0.2) is 19.6 Å². The molecule has 80 heavy (non-hydrogen) atoms. The van der Waals surface area contributed by atoms with Crippen molar-refractivity contribution < 1.29 is 28.4 Å². The largest absolute Gasteiger partial charge is 0.498 e. The van der Waals surface area contributed by atoms with E-state index in [4.69, 9.17) is 35.4 Å². The van der Waals surface area contributed by atoms with Crippen LogP contribution in [0.3, 0.4) is 0 Å². The number of aryl methyl sites for hydroxylation is 4. The molecule has 6 aromatic rings. The fourth-order valence-electron chi connectivity index (χ4n) is 10.6. The first-order valence-electron chi connectivity index (χ1n) is 28.4. The van der Waals surface area contributed by atoms with Gasteiger partial charge in [-0.05, 0) is 148 Å². The maximum atomic E-state index is 12.9. The molecule has 20 heteroatoms. The van der Waals surface area contributed by atoms with Crippen LogP contribution in [0.5, 0.6) is 0 Å². The van der Waals surface area contributed by atoms with Gasteiger partial charge in [0.15, 0.2) is 0 Å². The molecule has 0 aliphatic carbocycles. The van der Waals surface area contributed by atoms with Crippen molar-refractivity contribution in [1.82, 2.24) is 39.3 Å². The standard InChI is InChI=1S/C27H34N6O2.C23H29ClN4O2.C10H17BN2O2/c1-4-20-7-8-33(17-20)27(34)29-23-6-5-19(2)24(15-23)21-13-25(22-16-28-31(3)18-22)30-26(14-21)32-9-11-35-12-10-32;1-3-17-6-7-28(15-17)23(29)25-19-5-4-16(2)20(14-19)18-12-21(24)26-22(13-18)27-8-10-30-11-9-27;1-9(2)10(3,4)15-11(14-9)8-6-12-13(5)7-8/h5-6,13-16,18,20H,4,7-12,17H2,1-3H3,(H,29,34);4-5,12-14,17H,3,6-11,15H2,1-2H3,(H,25,29);6-7H,1-5H3/t20-;17-;/m11./s1. The van der Waals surface area contributed by atoms with Crippen LogP contribution in [0.15, 0.2) is 85.5 Å². The summed E-state index contributed by atoms with van der Waals surface area (Å²) in [6, 6.07) is 20.3. The molecular formula is C60H80BClN12O6. The van der Waals surface area contributed by atoms with Crippen molar-refractivity contribution in [2.24, 2.45) is 25.9 Å². The van der Waals surface area contributed by atoms with E-state index in [9.17, 15) is 9.59 Å². The van der Waals surface area contributed by atoms with Gasteiger partial charge in [-0.3, -0.25) is 9.36 Å². The summed E-state index contributed by atoms with van der Waals surface area (Å²) in [4.78, 5) is 43.4. The van der Waals surface area contributed by atoms with Crippen LogP contribution in [0.2, 0.25) is 5.15 Å². The Balaban J connectivity index is 0.000000156. The van der Waals surface area contributed by atoms with Crippen molar-refractivity contribution in [2.75, 3.05) is 99.2 Å². The first-order valence-corrected chi connectivity index (χ1v) is 28.7. The third-order valence-corrected chi connectivity index (χ3v) is 16.6. The number of hydrogen-bond donors (Lipinski definition) is 2. The predicted octanol–water partition coefficient (Wildman–Crippen LogP) is 10.1. The number of amides is 4. The normalized spacial score (nSPS) is 19.6. The van der Waals surface area contributed by atoms with Crippen molar-refractivity contribution in [3.63, 3.8) is 0 Å². The Kier molecular flexibility index (Phi) is 18.6. The third kappa shape index (κ3) is 14.1. The summed E-state index contributed by atoms with van der Waals surface area (Å²) in [6.07, 6.45) is 11.9. The highest BCUT2D eigenvalue weighted by atomic mass is 35.5. The molecule has 2 aromatic carbocycles. The molecule has 5 aliphatic heterocycles. The molecule has 5 aliphatic rings. The fourth-order valence-corrected chi connectivity index (χ4v) is 10.8. The lowest BCUT2D eigenvalue weighted by Crippen LogP contribution is -2.41. The SMILES string of the molecule is CC[C@@H]1CCN(C(=O)Nc2ccc(C)c(-c3cc(-c4cnn(C)c4)nc(N4CCOCC4)c3)c2)C1.CC[C@@H]1CCN(C(=O)Nc2ccc(C)c(-c3cc(Cl)nc(N4CCOCC4)c3)c2)C1.Cn1cc(B2OC(C)(C)C(C)(C)O2)cn1. The van der Waals surface area contributed by atoms with Gasteiger partial charge in [-0.1, -0.05) is 50.4 Å². The summed E-state index contributed by atoms with van der Waals surface area (Å²) >= 11 is 6.36. The quantitative estimate of drug-likeness (QED) is 0.0985. The number of aromatic nitrogens is 6. The Morgan fingerprint density at radius 3 is 1.55 bits per heavy atom. The van der Waals surface area contributed by atoms with Crippen LogP contribution in [-0.4, -0.2) is 148 Å². The van der Waals surface area contributed by atoms with E-state index in [-0.39, 0.29) is 30.4 Å². The van der Waals surface area contributed by atoms with E-state index in [0.29, 0.717) is 43.4 Å². The topological polar surface area (TPSA) is 170 Å². The molecule has 11 rings (SSSR count). The van der Waals surface area contributed by atoms with Gasteiger partial charge in [0.05, 0.1) is 49.5 Å². The number of morpholine rings is 2. The molecule has 2 atom stereocenters. The van der Waals surface area contributed by atoms with Crippen LogP contribution in [0.4, 0.5) is 32.6 Å². The molecule has 5 saturated heterocycles. The monoisotopic (exact) mass is 1110 g/mol. The van der Waals surface area contributed by atoms with Crippen LogP contribution in [0.25, 0.3) is 33.5 Å². The Morgan fingerprint density at radius 2 is 1.10 bits per heavy atom. The molecule has 0 spiro atoms. The minimum atomic E-state index is -0.302. The summed E-state index contributed by atoms with van der Waals surface area (Å²) in [6.45, 7) is 26.1. The predicted molar refractivity (Wildman–Crippen MR) is 319 cm³/mol. The van der Waals surface area contributed by atoms with Crippen molar-refractivity contribution in [3.8, 4) is 33.5 Å². The van der Waals surface area contributed by atoms with E-state index < -0.39 is 0 Å². The molecular weight excluding hydrogens is 1030 g/mol. The molecule has 426 valence electrons. The zero-order chi connectivity index (χ0) is 56.7. The first kappa shape index (κ1) is 58.2. The second kappa shape index (κ2) is 25.5. The Morgan fingerprint density at radius 1 is 0.625 bits per heavy atom. The van der Waals surface area contributed by atoms with Crippen molar-refractivity contribution in [3.05, 3.63) is 102 Å². The molecule has 0 radical (unpaired) electrons. The van der Waals surface area contributed by atoms with Gasteiger partial charge in [0.2, 0.25) is 0 Å². The minimum Gasteiger partial charge on any atom is -0.399 e. The Bertz CT molecular complexity index is 3080. The van der Waals surface area contributed by atoms with Gasteiger partial charge in [0.25, 0.3) is 0 Å². The minimum absolute atomic E-state index is 0.0180. The molecule has 2 N–H and O–H groups in total. The lowest BCUT2D eigenvalue weighted by Gasteiger charge is -2.32. The van der Waals surface area contributed by atoms with Gasteiger partial charge in [-0.2, -0.15) is 10.2 Å². The van der Waals surface area contributed by atoms with Gasteiger partial charge in [0, 0.05) is 107 Å². The number of carbonyl (C=O) groups is 2. The van der Waals surface area contributed by atoms with Crippen molar-refractivity contribution in [2.45, 2.75) is 92.3 Å². The Hall–Kier alpha value is -6.51. The number of nitrogens with zero attached hydrogens (tertiary/aromatic N) is 10. The van der Waals surface area contributed by atoms with Gasteiger partial charge in [-0.15, -0.1) is 0 Å². The van der Waals surface area contributed by atoms with Crippen molar-refractivity contribution >= 4 is 59.3 Å². The summed E-state index contributed by atoms with van der Waals surface area (Å²) in [5.41, 5.74) is 10.3. The van der Waals surface area contributed by atoms with E-state index in [0.717, 1.165) is 151 Å². The molecule has 18 nitrogen and oxygen atoms in total. The average molecular weight is 1110 g/mol. The number of pyridine rings is 2. The highest BCUT2D eigenvalue weighted by Crippen LogP contribution is 2.37. The molecule has 9 heterocycles. The first-order chi connectivity index (χ1) is 38.3. The van der Waals surface area contributed by atoms with E-state index in [1.165, 1.54) is 0 Å². The van der Waals surface area contributed by atoms with Gasteiger partial charge in [0.1, 0.15) is 16.8 Å². The second-order valence-electron chi connectivity index (χ2n) is 22.7. The van der Waals surface area contributed by atoms with Gasteiger partial charge >= 0.3 is 19.2 Å². The number of anilines is 4. The second-order valence-corrected chi connectivity index (χ2v) is 23.1. The van der Waals surface area contributed by atoms with E-state index in [1.54, 1.807) is 15.6 Å². The highest BCUT2D eigenvalue weighted by molar-refractivity contribution is 6.62. The lowest BCUT2D eigenvalue weighted by molar-refractivity contribution is 0.00578. The number of benzene rings is 2. The third-order valence-electron chi connectivity index (χ3n) is 16.4. The van der Waals surface area contributed by atoms with Crippen LogP contribution < -0.4 is 25.9 Å². The number of ether oxygens (including phenoxy) is 2. The zero-order valence-electron chi connectivity index (χ0n) is 48.4. The summed E-state index contributed by atoms with van der Waals surface area (Å²) in [5, 5.41) is 15.1. The maximum absolute atomic E-state index is 12.9. The van der Waals surface area contributed by atoms with Crippen LogP contribution >= 0.6 is 11.6 Å². The smallest absolute Gasteiger partial charge is 0.399 e. The molecule has 4 aromatic heterocycles. The molecule has 0 saturated carbocycles. The number of halogens is 1. The maximum Gasteiger partial charge on any atom is 0.498 e. The lowest BCUT2D eigenvalue weighted by atomic mass is 9.82. The summed E-state index contributed by atoms with van der Waals surface area (Å²) in [5.74, 6) is 3.01. The average Bonchev–Trinajstić information content (AvgIpc) is 4.34. The van der Waals surface area contributed by atoms with E-state index >= 15 is 0 Å². The van der Waals surface area contributed by atoms with Crippen LogP contribution in [-0.2, 0) is 32.9 Å². The number of rotatable bonds is 10. The van der Waals surface area contributed by atoms with Crippen molar-refractivity contribution in [1.29, 1.82) is 0 Å². The molecule has 0 bridgehead atoms. The number of nitrogens with one attached hydrogen (secondary N) is 2. The molecule has 4 amide bonds. The number of carbonyl (C=O) groups excluding carboxylic acids is 2. The number of likely N-dealkylation sites (tertiary alicyclic amines) is 2. The Labute approximate surface area is 477 Å². The van der Waals surface area contributed by atoms with E-state index in [2.05, 4.69) is 93.6 Å². The molecule has 5 fully saturated rings. The van der Waals surface area contributed by atoms with Crippen LogP contribution in [0, 0.1) is 25.7 Å². The fraction of sp³-hybridized carbons (Fsp3) is 0.500. The summed E-state index contributed by atoms with van der Waals surface area (Å²) < 4.78 is 26.3. The highest BCUT2D eigenvalue weighted by Gasteiger charge is 2.52. The van der Waals surface area contributed by atoms with E-state index in [1.807, 2.05) is 101 Å². The molecule has 0 unspecified atom stereocenters. The van der Waals surface area contributed by atoms with Gasteiger partial charge < -0.3 is 49.0 Å². The number of hydrogen-bond acceptors (Lipinski definition) is 12.